The summed E-state index contributed by atoms with van der Waals surface area (Å²) in [5.41, 5.74) is 0.628. The summed E-state index contributed by atoms with van der Waals surface area (Å²) < 4.78 is 37.9. The van der Waals surface area contributed by atoms with Crippen molar-refractivity contribution in [2.75, 3.05) is 6.61 Å². The zero-order chi connectivity index (χ0) is 21.3. The molecule has 0 amide bonds. The Balaban J connectivity index is 2.09. The molecule has 0 heterocycles. The van der Waals surface area contributed by atoms with Gasteiger partial charge in [-0.15, -0.1) is 0 Å². The van der Waals surface area contributed by atoms with E-state index in [9.17, 15) is 18.0 Å². The number of ether oxygens (including phenoxy) is 2. The maximum atomic E-state index is 12.7. The van der Waals surface area contributed by atoms with Crippen molar-refractivity contribution in [3.63, 3.8) is 0 Å². The number of esters is 2. The van der Waals surface area contributed by atoms with Crippen LogP contribution in [0.4, 0.5) is 0 Å². The van der Waals surface area contributed by atoms with Gasteiger partial charge in [-0.3, -0.25) is 0 Å². The van der Waals surface area contributed by atoms with Crippen LogP contribution in [0.15, 0.2) is 77.7 Å². The molecule has 1 unspecified atom stereocenters. The van der Waals surface area contributed by atoms with Crippen LogP contribution in [0.2, 0.25) is 0 Å². The molecule has 8 heteroatoms. The van der Waals surface area contributed by atoms with Gasteiger partial charge < -0.3 is 9.47 Å². The van der Waals surface area contributed by atoms with E-state index in [0.717, 1.165) is 12.2 Å². The summed E-state index contributed by atoms with van der Waals surface area (Å²) in [6.45, 7) is 3.12. The van der Waals surface area contributed by atoms with Crippen LogP contribution >= 0.6 is 0 Å². The van der Waals surface area contributed by atoms with E-state index in [2.05, 4.69) is 4.72 Å². The maximum Gasteiger partial charge on any atom is 0.331 e. The predicted molar refractivity (Wildman–Crippen MR) is 107 cm³/mol. The second-order valence-electron chi connectivity index (χ2n) is 6.35. The van der Waals surface area contributed by atoms with E-state index in [1.165, 1.54) is 12.1 Å². The van der Waals surface area contributed by atoms with Gasteiger partial charge in [-0.1, -0.05) is 48.5 Å². The second kappa shape index (κ2) is 10.5. The van der Waals surface area contributed by atoms with Crippen LogP contribution in [0.3, 0.4) is 0 Å². The van der Waals surface area contributed by atoms with Gasteiger partial charge in [-0.05, 0) is 31.5 Å². The van der Waals surface area contributed by atoms with Gasteiger partial charge in [-0.2, -0.15) is 0 Å². The van der Waals surface area contributed by atoms with Crippen molar-refractivity contribution in [3.8, 4) is 0 Å². The first-order valence-corrected chi connectivity index (χ1v) is 10.4. The Kier molecular flexibility index (Phi) is 8.11. The fourth-order valence-corrected chi connectivity index (χ4v) is 3.59. The van der Waals surface area contributed by atoms with Crippen molar-refractivity contribution < 1.29 is 27.5 Å². The molecule has 2 rings (SSSR count). The highest BCUT2D eigenvalue weighted by Gasteiger charge is 2.22. The van der Waals surface area contributed by atoms with E-state index >= 15 is 0 Å². The number of rotatable bonds is 9. The average molecular weight is 417 g/mol. The van der Waals surface area contributed by atoms with Crippen molar-refractivity contribution in [1.82, 2.24) is 4.72 Å². The molecule has 0 spiro atoms. The molecule has 1 atom stereocenters. The molecule has 0 saturated heterocycles. The van der Waals surface area contributed by atoms with Crippen LogP contribution in [0.1, 0.15) is 25.5 Å². The fraction of sp³-hybridized carbons (Fsp3) is 0.238. The lowest BCUT2D eigenvalue weighted by atomic mass is 10.1. The molecule has 0 aliphatic heterocycles. The minimum absolute atomic E-state index is 0.101. The van der Waals surface area contributed by atoms with Gasteiger partial charge in [0.15, 0.2) is 0 Å². The Labute approximate surface area is 170 Å². The molecular formula is C21H23NO6S. The predicted octanol–water partition coefficient (Wildman–Crippen LogP) is 2.76. The number of carbonyl (C=O) groups is 2. The lowest BCUT2D eigenvalue weighted by Crippen LogP contribution is -2.32. The van der Waals surface area contributed by atoms with Gasteiger partial charge in [0, 0.05) is 12.2 Å². The smallest absolute Gasteiger partial charge is 0.331 e. The van der Waals surface area contributed by atoms with E-state index in [1.807, 2.05) is 0 Å². The summed E-state index contributed by atoms with van der Waals surface area (Å²) in [5, 5.41) is 0. The van der Waals surface area contributed by atoms with Crippen molar-refractivity contribution in [2.24, 2.45) is 0 Å². The third-order valence-electron chi connectivity index (χ3n) is 3.65. The van der Waals surface area contributed by atoms with Crippen LogP contribution in [0.5, 0.6) is 0 Å². The number of sulfonamides is 1. The molecule has 2 aromatic rings. The molecule has 0 radical (unpaired) electrons. The molecular weight excluding hydrogens is 394 g/mol. The SMILES string of the molecule is CC(C)OC(=O)/C=C/C(=O)OCC(NS(=O)(=O)c1ccccc1)c1ccccc1. The van der Waals surface area contributed by atoms with E-state index in [0.29, 0.717) is 5.56 Å². The molecule has 0 aliphatic carbocycles. The molecule has 2 aromatic carbocycles. The summed E-state index contributed by atoms with van der Waals surface area (Å²) in [4.78, 5) is 23.5. The largest absolute Gasteiger partial charge is 0.460 e. The first-order chi connectivity index (χ1) is 13.8. The minimum atomic E-state index is -3.83. The summed E-state index contributed by atoms with van der Waals surface area (Å²) in [6.07, 6.45) is 1.60. The van der Waals surface area contributed by atoms with Gasteiger partial charge >= 0.3 is 11.9 Å². The lowest BCUT2D eigenvalue weighted by molar-refractivity contribution is -0.143. The van der Waals surface area contributed by atoms with E-state index in [-0.39, 0.29) is 17.6 Å². The molecule has 0 aromatic heterocycles. The molecule has 29 heavy (non-hydrogen) atoms. The number of nitrogens with one attached hydrogen (secondary N) is 1. The minimum Gasteiger partial charge on any atom is -0.460 e. The Morgan fingerprint density at radius 3 is 2.07 bits per heavy atom. The molecule has 0 bridgehead atoms. The van der Waals surface area contributed by atoms with Crippen LogP contribution < -0.4 is 4.72 Å². The molecule has 1 N–H and O–H groups in total. The van der Waals surface area contributed by atoms with Gasteiger partial charge in [-0.25, -0.2) is 22.7 Å². The highest BCUT2D eigenvalue weighted by Crippen LogP contribution is 2.18. The lowest BCUT2D eigenvalue weighted by Gasteiger charge is -2.19. The second-order valence-corrected chi connectivity index (χ2v) is 8.06. The Morgan fingerprint density at radius 2 is 1.48 bits per heavy atom. The van der Waals surface area contributed by atoms with Crippen molar-refractivity contribution in [1.29, 1.82) is 0 Å². The molecule has 0 saturated carbocycles. The zero-order valence-electron chi connectivity index (χ0n) is 16.1. The van der Waals surface area contributed by atoms with Gasteiger partial charge in [0.25, 0.3) is 0 Å². The third-order valence-corrected chi connectivity index (χ3v) is 5.14. The number of hydrogen-bond acceptors (Lipinski definition) is 6. The molecule has 7 nitrogen and oxygen atoms in total. The van der Waals surface area contributed by atoms with Gasteiger partial charge in [0.1, 0.15) is 6.61 Å². The maximum absolute atomic E-state index is 12.7. The fourth-order valence-electron chi connectivity index (χ4n) is 2.36. The zero-order valence-corrected chi connectivity index (χ0v) is 17.0. The average Bonchev–Trinajstić information content (AvgIpc) is 2.70. The topological polar surface area (TPSA) is 98.8 Å². The number of benzene rings is 2. The van der Waals surface area contributed by atoms with E-state index in [4.69, 9.17) is 9.47 Å². The van der Waals surface area contributed by atoms with Crippen molar-refractivity contribution >= 4 is 22.0 Å². The van der Waals surface area contributed by atoms with Gasteiger partial charge in [0.05, 0.1) is 17.0 Å². The standard InChI is InChI=1S/C21H23NO6S/c1-16(2)28-21(24)14-13-20(23)27-15-19(17-9-5-3-6-10-17)22-29(25,26)18-11-7-4-8-12-18/h3-14,16,19,22H,15H2,1-2H3/b14-13+. The summed E-state index contributed by atoms with van der Waals surface area (Å²) in [5.74, 6) is -1.45. The van der Waals surface area contributed by atoms with Crippen molar-refractivity contribution in [2.45, 2.75) is 30.9 Å². The summed E-state index contributed by atoms with van der Waals surface area (Å²) in [7, 11) is -3.83. The normalized spacial score (nSPS) is 12.7. The first-order valence-electron chi connectivity index (χ1n) is 8.95. The highest BCUT2D eigenvalue weighted by molar-refractivity contribution is 7.89. The Morgan fingerprint density at radius 1 is 0.931 bits per heavy atom. The van der Waals surface area contributed by atoms with Crippen LogP contribution in [-0.4, -0.2) is 33.1 Å². The Bertz CT molecular complexity index is 940. The van der Waals surface area contributed by atoms with E-state index < -0.39 is 28.0 Å². The van der Waals surface area contributed by atoms with Gasteiger partial charge in [0.2, 0.25) is 10.0 Å². The summed E-state index contributed by atoms with van der Waals surface area (Å²) >= 11 is 0. The van der Waals surface area contributed by atoms with Crippen LogP contribution in [0.25, 0.3) is 0 Å². The molecule has 0 aliphatic rings. The van der Waals surface area contributed by atoms with E-state index in [1.54, 1.807) is 62.4 Å². The van der Waals surface area contributed by atoms with Crippen LogP contribution in [-0.2, 0) is 29.1 Å². The summed E-state index contributed by atoms with van der Waals surface area (Å²) in [6, 6.07) is 15.8. The third kappa shape index (κ3) is 7.52. The first kappa shape index (κ1) is 22.3. The molecule has 0 fully saturated rings. The number of carbonyl (C=O) groups excluding carboxylic acids is 2. The highest BCUT2D eigenvalue weighted by atomic mass is 32.2. The number of hydrogen-bond donors (Lipinski definition) is 1. The monoisotopic (exact) mass is 417 g/mol. The Hall–Kier alpha value is -2.97. The van der Waals surface area contributed by atoms with Crippen LogP contribution in [0, 0.1) is 0 Å². The quantitative estimate of drug-likeness (QED) is 0.498. The molecule has 154 valence electrons. The van der Waals surface area contributed by atoms with Crippen molar-refractivity contribution in [3.05, 3.63) is 78.4 Å².